The van der Waals surface area contributed by atoms with Crippen molar-refractivity contribution in [2.24, 2.45) is 52.3 Å². The lowest BCUT2D eigenvalue weighted by atomic mass is 9.81. The Bertz CT molecular complexity index is 2120. The second-order valence-corrected chi connectivity index (χ2v) is 23.6. The van der Waals surface area contributed by atoms with Crippen LogP contribution in [0.15, 0.2) is 24.3 Å². The molecule has 0 bridgehead atoms. The molecule has 4 fully saturated rings. The van der Waals surface area contributed by atoms with Gasteiger partial charge in [0, 0.05) is 74.0 Å². The molecule has 4 aliphatic rings. The quantitative estimate of drug-likeness (QED) is 0.0451. The van der Waals surface area contributed by atoms with E-state index in [0.29, 0.717) is 122 Å². The Morgan fingerprint density at radius 3 is 1.12 bits per heavy atom. The van der Waals surface area contributed by atoms with Crippen molar-refractivity contribution in [3.8, 4) is 5.75 Å². The van der Waals surface area contributed by atoms with Gasteiger partial charge in [-0.3, -0.25) is 38.4 Å². The van der Waals surface area contributed by atoms with Crippen LogP contribution in [0.2, 0.25) is 0 Å². The molecule has 0 radical (unpaired) electrons. The van der Waals surface area contributed by atoms with Crippen LogP contribution >= 0.6 is 0 Å². The van der Waals surface area contributed by atoms with Gasteiger partial charge < -0.3 is 71.0 Å². The topological polar surface area (TPSA) is 371 Å². The minimum Gasteiger partial charge on any atom is -0.508 e. The van der Waals surface area contributed by atoms with Crippen molar-refractivity contribution in [2.75, 3.05) is 19.6 Å². The third kappa shape index (κ3) is 22.9. The first-order chi connectivity index (χ1) is 38.6. The van der Waals surface area contributed by atoms with E-state index in [9.17, 15) is 43.5 Å². The minimum atomic E-state index is -0.541. The van der Waals surface area contributed by atoms with E-state index in [0.717, 1.165) is 69.8 Å². The first kappa shape index (κ1) is 65.4. The number of carbonyl (C=O) groups excluding carboxylic acids is 8. The fourth-order valence-corrected chi connectivity index (χ4v) is 12.7. The van der Waals surface area contributed by atoms with Crippen LogP contribution in [0.4, 0.5) is 0 Å². The number of aromatic hydroxyl groups is 1. The molecular weight excluding hydrogens is 1020 g/mol. The van der Waals surface area contributed by atoms with Crippen LogP contribution < -0.4 is 65.9 Å². The fraction of sp³-hybridized carbons (Fsp3) is 0.763. The summed E-state index contributed by atoms with van der Waals surface area (Å²) >= 11 is 0. The Morgan fingerprint density at radius 1 is 0.438 bits per heavy atom. The van der Waals surface area contributed by atoms with Gasteiger partial charge in [0.25, 0.3) is 0 Å². The van der Waals surface area contributed by atoms with Crippen molar-refractivity contribution < 1.29 is 43.5 Å². The van der Waals surface area contributed by atoms with Crippen LogP contribution in [0.25, 0.3) is 0 Å². The Labute approximate surface area is 474 Å². The lowest BCUT2D eigenvalue weighted by Crippen LogP contribution is -2.55. The van der Waals surface area contributed by atoms with Crippen LogP contribution in [0.1, 0.15) is 192 Å². The van der Waals surface area contributed by atoms with E-state index in [2.05, 4.69) is 37.2 Å². The van der Waals surface area contributed by atoms with E-state index in [1.54, 1.807) is 24.3 Å². The van der Waals surface area contributed by atoms with Gasteiger partial charge in [-0.15, -0.1) is 0 Å². The highest BCUT2D eigenvalue weighted by Crippen LogP contribution is 2.31. The number of benzene rings is 1. The number of nitrogens with one attached hydrogen (secondary N) is 7. The van der Waals surface area contributed by atoms with Gasteiger partial charge >= 0.3 is 0 Å². The maximum Gasteiger partial charge on any atom is 0.225 e. The normalized spacial score (nSPS) is 24.6. The van der Waals surface area contributed by atoms with Crippen molar-refractivity contribution in [1.29, 1.82) is 0 Å². The van der Waals surface area contributed by atoms with E-state index < -0.39 is 71.9 Å². The van der Waals surface area contributed by atoms with Crippen molar-refractivity contribution in [1.82, 2.24) is 37.2 Å². The van der Waals surface area contributed by atoms with E-state index in [4.69, 9.17) is 28.7 Å². The predicted molar refractivity (Wildman–Crippen MR) is 308 cm³/mol. The summed E-state index contributed by atoms with van der Waals surface area (Å²) in [6.07, 6.45) is 17.9. The molecule has 18 N–H and O–H groups in total. The number of unbranched alkanes of at least 4 members (excludes halogenated alkanes) is 3. The molecule has 0 saturated heterocycles. The first-order valence-electron chi connectivity index (χ1n) is 30.6. The summed E-state index contributed by atoms with van der Waals surface area (Å²) in [5.74, 6) is -3.97. The van der Waals surface area contributed by atoms with Crippen LogP contribution in [-0.4, -0.2) is 120 Å². The van der Waals surface area contributed by atoms with Crippen LogP contribution in [0.3, 0.4) is 0 Å². The number of amides is 8. The highest BCUT2D eigenvalue weighted by Gasteiger charge is 2.39. The zero-order chi connectivity index (χ0) is 57.8. The van der Waals surface area contributed by atoms with Gasteiger partial charge in [0.1, 0.15) is 5.75 Å². The van der Waals surface area contributed by atoms with Crippen molar-refractivity contribution in [2.45, 2.75) is 241 Å². The molecule has 0 heterocycles. The summed E-state index contributed by atoms with van der Waals surface area (Å²) in [5, 5.41) is 31.6. The Balaban J connectivity index is 1.16. The molecule has 5 rings (SSSR count). The smallest absolute Gasteiger partial charge is 0.225 e. The summed E-state index contributed by atoms with van der Waals surface area (Å²) in [5.41, 5.74) is 30.2. The molecular formula is C59H100N12O9. The molecule has 4 aliphatic carbocycles. The van der Waals surface area contributed by atoms with Gasteiger partial charge in [-0.1, -0.05) is 82.8 Å². The molecule has 0 aliphatic heterocycles. The fourth-order valence-electron chi connectivity index (χ4n) is 12.7. The minimum absolute atomic E-state index is 0.00346. The summed E-state index contributed by atoms with van der Waals surface area (Å²) in [6.45, 7) is 1.43. The van der Waals surface area contributed by atoms with Crippen LogP contribution in [0.5, 0.6) is 5.75 Å². The van der Waals surface area contributed by atoms with Gasteiger partial charge in [0.05, 0.1) is 23.7 Å². The molecule has 8 amide bonds. The van der Waals surface area contributed by atoms with Crippen molar-refractivity contribution >= 4 is 47.3 Å². The Morgan fingerprint density at radius 2 is 0.762 bits per heavy atom. The van der Waals surface area contributed by atoms with Crippen molar-refractivity contribution in [3.05, 3.63) is 29.8 Å². The molecule has 450 valence electrons. The molecule has 80 heavy (non-hydrogen) atoms. The average molecular weight is 1120 g/mol. The number of nitrogens with two attached hydrogens (primary N) is 5. The summed E-state index contributed by atoms with van der Waals surface area (Å²) < 4.78 is 0. The number of hydrogen-bond acceptors (Lipinski definition) is 13. The highest BCUT2D eigenvalue weighted by molar-refractivity contribution is 5.87. The molecule has 1 aromatic rings. The number of carbonyl (C=O) groups is 8. The van der Waals surface area contributed by atoms with Gasteiger partial charge in [-0.25, -0.2) is 0 Å². The lowest BCUT2D eigenvalue weighted by molar-refractivity contribution is -0.133. The monoisotopic (exact) mass is 1120 g/mol. The number of hydrogen-bond donors (Lipinski definition) is 13. The number of primary amides is 1. The molecule has 1 aromatic carbocycles. The standard InChI is InChI=1S/C59H100N12O9/c60-30-12-9-15-40(35-52(64)73)65-56(77)44-18-1-5-22-48(44)69-54(75)36-41(16-10-13-31-61)66-57(78)45-19-2-6-23-49(45)70-55(76)37-42(17-11-14-32-62)67-58(79)47-21-4-8-25-51(47)71-59(80)46-20-3-7-24-50(46)68-53(74)34-39(63)33-38-26-28-43(72)29-27-38/h26-29,39-42,44-51,72H,1-25,30-37,60-63H2,(H2,64,73)(H,65,77)(H,66,78)(H,67,79)(H,68,74)(H,69,75)(H,70,76)(H,71,80)/t39-,40-,41-,42-,44-,45-,46-,47-,48-,49-,50-,51-/m0/s1. The second-order valence-electron chi connectivity index (χ2n) is 23.6. The zero-order valence-corrected chi connectivity index (χ0v) is 47.7. The zero-order valence-electron chi connectivity index (χ0n) is 47.7. The van der Waals surface area contributed by atoms with E-state index >= 15 is 0 Å². The van der Waals surface area contributed by atoms with Crippen LogP contribution in [0, 0.1) is 23.7 Å². The molecule has 12 atom stereocenters. The molecule has 0 spiro atoms. The first-order valence-corrected chi connectivity index (χ1v) is 30.6. The second kappa shape index (κ2) is 35.5. The van der Waals surface area contributed by atoms with Gasteiger partial charge in [-0.05, 0) is 134 Å². The highest BCUT2D eigenvalue weighted by atomic mass is 16.3. The third-order valence-corrected chi connectivity index (χ3v) is 17.0. The maximum atomic E-state index is 14.3. The molecule has 21 nitrogen and oxygen atoms in total. The average Bonchev–Trinajstić information content (AvgIpc) is 3.42. The summed E-state index contributed by atoms with van der Waals surface area (Å²) in [4.78, 5) is 109. The summed E-state index contributed by atoms with van der Waals surface area (Å²) in [6, 6.07) is 3.19. The van der Waals surface area contributed by atoms with Gasteiger partial charge in [0.15, 0.2) is 0 Å². The third-order valence-electron chi connectivity index (χ3n) is 17.0. The van der Waals surface area contributed by atoms with Crippen LogP contribution in [-0.2, 0) is 44.8 Å². The number of rotatable bonds is 33. The molecule has 0 unspecified atom stereocenters. The predicted octanol–water partition coefficient (Wildman–Crippen LogP) is 2.85. The Kier molecular flexibility index (Phi) is 29.0. The lowest BCUT2D eigenvalue weighted by Gasteiger charge is -2.36. The number of phenols is 1. The summed E-state index contributed by atoms with van der Waals surface area (Å²) in [7, 11) is 0. The Hall–Kier alpha value is -5.38. The molecule has 4 saturated carbocycles. The van der Waals surface area contributed by atoms with E-state index in [-0.39, 0.29) is 78.8 Å². The van der Waals surface area contributed by atoms with Gasteiger partial charge in [0.2, 0.25) is 47.3 Å². The number of phenolic OH excluding ortho intramolecular Hbond substituents is 1. The van der Waals surface area contributed by atoms with E-state index in [1.165, 1.54) is 0 Å². The van der Waals surface area contributed by atoms with E-state index in [1.807, 2.05) is 0 Å². The van der Waals surface area contributed by atoms with Crippen molar-refractivity contribution in [3.63, 3.8) is 0 Å². The molecule has 0 aromatic heterocycles. The van der Waals surface area contributed by atoms with Gasteiger partial charge in [-0.2, -0.15) is 0 Å². The maximum absolute atomic E-state index is 14.3. The largest absolute Gasteiger partial charge is 0.508 e. The SMILES string of the molecule is NCCCC[C@@H](CC(N)=O)NC(=O)[C@H]1CCCC[C@@H]1NC(=O)C[C@H](CCCCN)NC(=O)[C@H]1CCCC[C@@H]1NC(=O)C[C@H](CCCCN)NC(=O)[C@H]1CCCC[C@@H]1NC(=O)[C@H]1CCCC[C@@H]1NC(=O)C[C@@H](N)Cc1ccc(O)cc1. The molecule has 21 heteroatoms.